The molecule has 4 heteroatoms. The van der Waals surface area contributed by atoms with Gasteiger partial charge in [0.1, 0.15) is 0 Å². The van der Waals surface area contributed by atoms with Gasteiger partial charge in [0.05, 0.1) is 0 Å². The van der Waals surface area contributed by atoms with Gasteiger partial charge >= 0.3 is 0 Å². The van der Waals surface area contributed by atoms with Crippen molar-refractivity contribution in [1.29, 1.82) is 0 Å². The minimum atomic E-state index is 0.356. The molecule has 2 aliphatic rings. The number of nitrogens with zero attached hydrogens (tertiary/aromatic N) is 3. The molecule has 0 aromatic carbocycles. The van der Waals surface area contributed by atoms with E-state index in [0.717, 1.165) is 44.6 Å². The zero-order valence-electron chi connectivity index (χ0n) is 15.1. The van der Waals surface area contributed by atoms with Gasteiger partial charge < -0.3 is 9.80 Å². The maximum Gasteiger partial charge on any atom is 0.223 e. The Morgan fingerprint density at radius 1 is 0.955 bits per heavy atom. The summed E-state index contributed by atoms with van der Waals surface area (Å²) >= 11 is 0. The lowest BCUT2D eigenvalue weighted by molar-refractivity contribution is -0.133. The Morgan fingerprint density at radius 2 is 1.55 bits per heavy atom. The molecular formula is C18H35N3O. The maximum absolute atomic E-state index is 12.4. The van der Waals surface area contributed by atoms with Gasteiger partial charge in [-0.05, 0) is 51.6 Å². The smallest absolute Gasteiger partial charge is 0.223 e. The third-order valence-electron chi connectivity index (χ3n) is 5.61. The summed E-state index contributed by atoms with van der Waals surface area (Å²) in [6.45, 7) is 16.3. The summed E-state index contributed by atoms with van der Waals surface area (Å²) in [4.78, 5) is 19.4. The Labute approximate surface area is 136 Å². The molecule has 0 unspecified atom stereocenters. The van der Waals surface area contributed by atoms with Crippen molar-refractivity contribution in [3.05, 3.63) is 0 Å². The Bertz CT molecular complexity index is 340. The highest BCUT2D eigenvalue weighted by Gasteiger charge is 2.24. The van der Waals surface area contributed by atoms with Crippen LogP contribution in [0.15, 0.2) is 0 Å². The van der Waals surface area contributed by atoms with Crippen LogP contribution in [0.5, 0.6) is 0 Å². The van der Waals surface area contributed by atoms with E-state index in [1.165, 1.54) is 25.9 Å². The van der Waals surface area contributed by atoms with Crippen LogP contribution in [0.4, 0.5) is 0 Å². The Kier molecular flexibility index (Phi) is 6.69. The monoisotopic (exact) mass is 309 g/mol. The fraction of sp³-hybridized carbons (Fsp3) is 0.944. The van der Waals surface area contributed by atoms with Crippen molar-refractivity contribution < 1.29 is 4.79 Å². The number of carbonyl (C=O) groups excluding carboxylic acids is 1. The first-order valence-corrected chi connectivity index (χ1v) is 9.21. The molecule has 0 aliphatic carbocycles. The number of hydrogen-bond donors (Lipinski definition) is 0. The first kappa shape index (κ1) is 17.7. The largest absolute Gasteiger partial charge is 0.340 e. The van der Waals surface area contributed by atoms with Crippen LogP contribution in [-0.2, 0) is 4.79 Å². The Morgan fingerprint density at radius 3 is 2.05 bits per heavy atom. The van der Waals surface area contributed by atoms with Crippen molar-refractivity contribution in [2.24, 2.45) is 11.8 Å². The second kappa shape index (κ2) is 8.30. The predicted octanol–water partition coefficient (Wildman–Crippen LogP) is 2.30. The van der Waals surface area contributed by atoms with E-state index >= 15 is 0 Å². The topological polar surface area (TPSA) is 26.8 Å². The normalized spacial score (nSPS) is 22.7. The average Bonchev–Trinajstić information content (AvgIpc) is 2.53. The summed E-state index contributed by atoms with van der Waals surface area (Å²) in [5.41, 5.74) is 0. The SMILES string of the molecule is CC(C)C1CCN(CCC(=O)N2CCN(C(C)C)CC2)CC1. The van der Waals surface area contributed by atoms with E-state index in [9.17, 15) is 4.79 Å². The van der Waals surface area contributed by atoms with Gasteiger partial charge in [-0.2, -0.15) is 0 Å². The van der Waals surface area contributed by atoms with Gasteiger partial charge in [-0.15, -0.1) is 0 Å². The van der Waals surface area contributed by atoms with Crippen LogP contribution >= 0.6 is 0 Å². The van der Waals surface area contributed by atoms with Gasteiger partial charge in [-0.3, -0.25) is 9.69 Å². The average molecular weight is 309 g/mol. The summed E-state index contributed by atoms with van der Waals surface area (Å²) in [6.07, 6.45) is 3.31. The Balaban J connectivity index is 1.64. The Hall–Kier alpha value is -0.610. The number of hydrogen-bond acceptors (Lipinski definition) is 3. The minimum Gasteiger partial charge on any atom is -0.340 e. The van der Waals surface area contributed by atoms with Gasteiger partial charge in [-0.1, -0.05) is 13.8 Å². The van der Waals surface area contributed by atoms with Crippen LogP contribution in [-0.4, -0.2) is 72.5 Å². The molecule has 2 rings (SSSR count). The maximum atomic E-state index is 12.4. The minimum absolute atomic E-state index is 0.356. The summed E-state index contributed by atoms with van der Waals surface area (Å²) in [6, 6.07) is 0.597. The molecule has 2 aliphatic heterocycles. The van der Waals surface area contributed by atoms with Crippen molar-refractivity contribution in [2.45, 2.75) is 53.0 Å². The van der Waals surface area contributed by atoms with E-state index in [-0.39, 0.29) is 0 Å². The molecule has 2 fully saturated rings. The van der Waals surface area contributed by atoms with E-state index < -0.39 is 0 Å². The van der Waals surface area contributed by atoms with Gasteiger partial charge in [0.25, 0.3) is 0 Å². The fourth-order valence-electron chi connectivity index (χ4n) is 3.74. The van der Waals surface area contributed by atoms with E-state index in [2.05, 4.69) is 42.4 Å². The van der Waals surface area contributed by atoms with Crippen LogP contribution < -0.4 is 0 Å². The second-order valence-electron chi connectivity index (χ2n) is 7.68. The number of likely N-dealkylation sites (tertiary alicyclic amines) is 1. The third-order valence-corrected chi connectivity index (χ3v) is 5.61. The number of piperidine rings is 1. The molecule has 0 aromatic rings. The van der Waals surface area contributed by atoms with Gasteiger partial charge in [0.2, 0.25) is 5.91 Å². The molecule has 128 valence electrons. The lowest BCUT2D eigenvalue weighted by atomic mass is 9.87. The molecular weight excluding hydrogens is 274 g/mol. The third kappa shape index (κ3) is 4.95. The number of piperazine rings is 1. The number of carbonyl (C=O) groups is 1. The van der Waals surface area contributed by atoms with E-state index in [1.54, 1.807) is 0 Å². The van der Waals surface area contributed by atoms with Crippen molar-refractivity contribution in [3.8, 4) is 0 Å². The molecule has 0 saturated carbocycles. The van der Waals surface area contributed by atoms with Gasteiger partial charge in [0.15, 0.2) is 0 Å². The van der Waals surface area contributed by atoms with Gasteiger partial charge in [-0.25, -0.2) is 0 Å². The summed E-state index contributed by atoms with van der Waals surface area (Å²) in [5.74, 6) is 2.05. The van der Waals surface area contributed by atoms with Crippen LogP contribution in [0.1, 0.15) is 47.0 Å². The first-order valence-electron chi connectivity index (χ1n) is 9.21. The van der Waals surface area contributed by atoms with Crippen LogP contribution in [0.25, 0.3) is 0 Å². The second-order valence-corrected chi connectivity index (χ2v) is 7.68. The highest BCUT2D eigenvalue weighted by molar-refractivity contribution is 5.76. The molecule has 0 spiro atoms. The molecule has 0 radical (unpaired) electrons. The molecule has 4 nitrogen and oxygen atoms in total. The quantitative estimate of drug-likeness (QED) is 0.780. The lowest BCUT2D eigenvalue weighted by Crippen LogP contribution is -2.51. The summed E-state index contributed by atoms with van der Waals surface area (Å²) in [5, 5.41) is 0. The van der Waals surface area contributed by atoms with Crippen molar-refractivity contribution in [2.75, 3.05) is 45.8 Å². The highest BCUT2D eigenvalue weighted by Crippen LogP contribution is 2.24. The molecule has 22 heavy (non-hydrogen) atoms. The van der Waals surface area contributed by atoms with E-state index in [1.807, 2.05) is 0 Å². The molecule has 0 bridgehead atoms. The van der Waals surface area contributed by atoms with E-state index in [4.69, 9.17) is 0 Å². The number of amides is 1. The van der Waals surface area contributed by atoms with Crippen molar-refractivity contribution in [1.82, 2.24) is 14.7 Å². The predicted molar refractivity (Wildman–Crippen MR) is 91.9 cm³/mol. The molecule has 2 saturated heterocycles. The number of rotatable bonds is 5. The van der Waals surface area contributed by atoms with Crippen molar-refractivity contribution >= 4 is 5.91 Å². The lowest BCUT2D eigenvalue weighted by Gasteiger charge is -2.37. The van der Waals surface area contributed by atoms with Crippen LogP contribution in [0.3, 0.4) is 0 Å². The van der Waals surface area contributed by atoms with E-state index in [0.29, 0.717) is 18.4 Å². The standard InChI is InChI=1S/C18H35N3O/c1-15(2)17-5-8-19(9-6-17)10-7-18(22)21-13-11-20(12-14-21)16(3)4/h15-17H,5-14H2,1-4H3. The molecule has 0 N–H and O–H groups in total. The van der Waals surface area contributed by atoms with Gasteiger partial charge in [0, 0.05) is 45.2 Å². The van der Waals surface area contributed by atoms with Crippen LogP contribution in [0.2, 0.25) is 0 Å². The van der Waals surface area contributed by atoms with Crippen molar-refractivity contribution in [3.63, 3.8) is 0 Å². The molecule has 2 heterocycles. The molecule has 0 atom stereocenters. The zero-order chi connectivity index (χ0) is 16.1. The molecule has 1 amide bonds. The summed E-state index contributed by atoms with van der Waals surface area (Å²) < 4.78 is 0. The zero-order valence-corrected chi connectivity index (χ0v) is 15.1. The molecule has 0 aromatic heterocycles. The first-order chi connectivity index (χ1) is 10.5. The summed E-state index contributed by atoms with van der Waals surface area (Å²) in [7, 11) is 0. The highest BCUT2D eigenvalue weighted by atomic mass is 16.2. The van der Waals surface area contributed by atoms with Crippen LogP contribution in [0, 0.1) is 11.8 Å². The fourth-order valence-corrected chi connectivity index (χ4v) is 3.74.